The predicted octanol–water partition coefficient (Wildman–Crippen LogP) is 1.53. The summed E-state index contributed by atoms with van der Waals surface area (Å²) < 4.78 is 10.1. The Balaban J connectivity index is 2.67. The van der Waals surface area contributed by atoms with Crippen LogP contribution in [0.3, 0.4) is 0 Å². The monoisotopic (exact) mass is 295 g/mol. The van der Waals surface area contributed by atoms with Crippen molar-refractivity contribution in [3.63, 3.8) is 0 Å². The number of benzene rings is 1. The molecule has 0 radical (unpaired) electrons. The van der Waals surface area contributed by atoms with Crippen molar-refractivity contribution in [3.8, 4) is 5.75 Å². The first-order valence-corrected chi connectivity index (χ1v) is 6.67. The highest BCUT2D eigenvalue weighted by Crippen LogP contribution is 2.13. The van der Waals surface area contributed by atoms with E-state index in [0.717, 1.165) is 11.3 Å². The van der Waals surface area contributed by atoms with Gasteiger partial charge in [-0.05, 0) is 31.5 Å². The molecule has 0 aliphatic rings. The van der Waals surface area contributed by atoms with Crippen molar-refractivity contribution in [2.75, 3.05) is 20.2 Å². The van der Waals surface area contributed by atoms with Crippen LogP contribution in [0.4, 0.5) is 0 Å². The minimum Gasteiger partial charge on any atom is -0.497 e. The molecule has 0 saturated heterocycles. The van der Waals surface area contributed by atoms with Gasteiger partial charge in [-0.3, -0.25) is 14.5 Å². The molecule has 0 aliphatic heterocycles. The number of carbonyl (C=O) groups excluding carboxylic acids is 1. The van der Waals surface area contributed by atoms with Gasteiger partial charge in [-0.25, -0.2) is 0 Å². The maximum absolute atomic E-state index is 11.7. The molecule has 0 spiro atoms. The van der Waals surface area contributed by atoms with E-state index >= 15 is 0 Å². The van der Waals surface area contributed by atoms with E-state index in [9.17, 15) is 9.59 Å². The SMILES string of the molecule is COc1ccc(CN(CC(=O)O)CC(=O)OC(C)C)cc1. The second kappa shape index (κ2) is 8.26. The first kappa shape index (κ1) is 17.0. The molecule has 0 aliphatic carbocycles. The number of rotatable bonds is 8. The number of carbonyl (C=O) groups is 2. The number of carboxylic acid groups (broad SMARTS) is 1. The van der Waals surface area contributed by atoms with Gasteiger partial charge < -0.3 is 14.6 Å². The highest BCUT2D eigenvalue weighted by Gasteiger charge is 2.16. The predicted molar refractivity (Wildman–Crippen MR) is 77.1 cm³/mol. The second-order valence-electron chi connectivity index (χ2n) is 4.93. The fourth-order valence-corrected chi connectivity index (χ4v) is 1.83. The molecule has 0 aromatic heterocycles. The van der Waals surface area contributed by atoms with Crippen LogP contribution in [0.25, 0.3) is 0 Å². The van der Waals surface area contributed by atoms with Gasteiger partial charge in [-0.2, -0.15) is 0 Å². The van der Waals surface area contributed by atoms with Gasteiger partial charge in [0.25, 0.3) is 0 Å². The van der Waals surface area contributed by atoms with Crippen LogP contribution >= 0.6 is 0 Å². The molecular weight excluding hydrogens is 274 g/mol. The minimum absolute atomic E-state index is 0.0590. The van der Waals surface area contributed by atoms with Crippen LogP contribution in [-0.4, -0.2) is 48.2 Å². The third kappa shape index (κ3) is 6.76. The van der Waals surface area contributed by atoms with E-state index in [1.165, 1.54) is 4.90 Å². The third-order valence-electron chi connectivity index (χ3n) is 2.64. The van der Waals surface area contributed by atoms with E-state index in [-0.39, 0.29) is 19.2 Å². The van der Waals surface area contributed by atoms with E-state index in [2.05, 4.69) is 0 Å². The Morgan fingerprint density at radius 3 is 2.29 bits per heavy atom. The van der Waals surface area contributed by atoms with Crippen molar-refractivity contribution in [2.45, 2.75) is 26.5 Å². The number of esters is 1. The Morgan fingerprint density at radius 2 is 1.81 bits per heavy atom. The van der Waals surface area contributed by atoms with Crippen molar-refractivity contribution < 1.29 is 24.2 Å². The lowest BCUT2D eigenvalue weighted by molar-refractivity contribution is -0.149. The Labute approximate surface area is 124 Å². The number of ether oxygens (including phenoxy) is 2. The molecule has 0 atom stereocenters. The lowest BCUT2D eigenvalue weighted by atomic mass is 10.2. The molecule has 1 aromatic carbocycles. The smallest absolute Gasteiger partial charge is 0.320 e. The molecule has 0 saturated carbocycles. The molecule has 0 fully saturated rings. The largest absolute Gasteiger partial charge is 0.497 e. The van der Waals surface area contributed by atoms with Crippen LogP contribution in [-0.2, 0) is 20.9 Å². The van der Waals surface area contributed by atoms with Crippen LogP contribution in [0.1, 0.15) is 19.4 Å². The van der Waals surface area contributed by atoms with Crippen molar-refractivity contribution in [1.82, 2.24) is 4.90 Å². The Morgan fingerprint density at radius 1 is 1.19 bits per heavy atom. The summed E-state index contributed by atoms with van der Waals surface area (Å²) in [6.07, 6.45) is -0.217. The fraction of sp³-hybridized carbons (Fsp3) is 0.467. The molecule has 1 rings (SSSR count). The highest BCUT2D eigenvalue weighted by atomic mass is 16.5. The topological polar surface area (TPSA) is 76.1 Å². The Bertz CT molecular complexity index is 469. The van der Waals surface area contributed by atoms with Gasteiger partial charge in [0.2, 0.25) is 0 Å². The van der Waals surface area contributed by atoms with Crippen molar-refractivity contribution in [3.05, 3.63) is 29.8 Å². The van der Waals surface area contributed by atoms with Crippen LogP contribution in [0.15, 0.2) is 24.3 Å². The molecule has 116 valence electrons. The summed E-state index contributed by atoms with van der Waals surface area (Å²) in [7, 11) is 1.58. The molecular formula is C15H21NO5. The summed E-state index contributed by atoms with van der Waals surface area (Å²) >= 11 is 0. The van der Waals surface area contributed by atoms with Crippen LogP contribution < -0.4 is 4.74 Å². The van der Waals surface area contributed by atoms with E-state index in [1.54, 1.807) is 33.1 Å². The Hall–Kier alpha value is -2.08. The number of aliphatic carboxylic acids is 1. The van der Waals surface area contributed by atoms with E-state index < -0.39 is 11.9 Å². The van der Waals surface area contributed by atoms with Crippen LogP contribution in [0.5, 0.6) is 5.75 Å². The molecule has 21 heavy (non-hydrogen) atoms. The van der Waals surface area contributed by atoms with Gasteiger partial charge in [0.05, 0.1) is 26.3 Å². The first-order chi connectivity index (χ1) is 9.90. The molecule has 0 bridgehead atoms. The molecule has 1 N–H and O–H groups in total. The zero-order valence-electron chi connectivity index (χ0n) is 12.5. The fourth-order valence-electron chi connectivity index (χ4n) is 1.83. The summed E-state index contributed by atoms with van der Waals surface area (Å²) in [6.45, 7) is 3.57. The second-order valence-corrected chi connectivity index (χ2v) is 4.93. The lowest BCUT2D eigenvalue weighted by Gasteiger charge is -2.20. The molecule has 0 heterocycles. The number of hydrogen-bond donors (Lipinski definition) is 1. The van der Waals surface area contributed by atoms with Crippen molar-refractivity contribution >= 4 is 11.9 Å². The molecule has 0 amide bonds. The third-order valence-corrected chi connectivity index (χ3v) is 2.64. The van der Waals surface area contributed by atoms with Gasteiger partial charge in [0, 0.05) is 6.54 Å². The number of nitrogens with zero attached hydrogens (tertiary/aromatic N) is 1. The maximum atomic E-state index is 11.7. The van der Waals surface area contributed by atoms with E-state index in [1.807, 2.05) is 12.1 Å². The van der Waals surface area contributed by atoms with Crippen LogP contribution in [0.2, 0.25) is 0 Å². The zero-order valence-corrected chi connectivity index (χ0v) is 12.5. The van der Waals surface area contributed by atoms with Gasteiger partial charge in [-0.1, -0.05) is 12.1 Å². The standard InChI is InChI=1S/C15H21NO5/c1-11(2)21-15(19)10-16(9-14(17)18)8-12-4-6-13(20-3)7-5-12/h4-7,11H,8-10H2,1-3H3,(H,17,18). The maximum Gasteiger partial charge on any atom is 0.320 e. The lowest BCUT2D eigenvalue weighted by Crippen LogP contribution is -2.35. The number of methoxy groups -OCH3 is 1. The molecule has 6 heteroatoms. The summed E-state index contributed by atoms with van der Waals surface area (Å²) in [4.78, 5) is 24.1. The van der Waals surface area contributed by atoms with E-state index in [0.29, 0.717) is 6.54 Å². The van der Waals surface area contributed by atoms with Crippen LogP contribution in [0, 0.1) is 0 Å². The molecule has 0 unspecified atom stereocenters. The quantitative estimate of drug-likeness (QED) is 0.733. The summed E-state index contributed by atoms with van der Waals surface area (Å²) in [6, 6.07) is 7.25. The molecule has 6 nitrogen and oxygen atoms in total. The number of carboxylic acids is 1. The zero-order chi connectivity index (χ0) is 15.8. The molecule has 1 aromatic rings. The number of hydrogen-bond acceptors (Lipinski definition) is 5. The summed E-state index contributed by atoms with van der Waals surface area (Å²) in [5.41, 5.74) is 0.898. The first-order valence-electron chi connectivity index (χ1n) is 6.67. The van der Waals surface area contributed by atoms with Gasteiger partial charge in [0.1, 0.15) is 5.75 Å². The van der Waals surface area contributed by atoms with E-state index in [4.69, 9.17) is 14.6 Å². The summed E-state index contributed by atoms with van der Waals surface area (Å²) in [5.74, 6) is -0.691. The van der Waals surface area contributed by atoms with Gasteiger partial charge in [0.15, 0.2) is 0 Å². The highest BCUT2D eigenvalue weighted by molar-refractivity contribution is 5.74. The van der Waals surface area contributed by atoms with Crippen molar-refractivity contribution in [2.24, 2.45) is 0 Å². The van der Waals surface area contributed by atoms with Crippen molar-refractivity contribution in [1.29, 1.82) is 0 Å². The average Bonchev–Trinajstić information content (AvgIpc) is 2.37. The van der Waals surface area contributed by atoms with Gasteiger partial charge in [-0.15, -0.1) is 0 Å². The van der Waals surface area contributed by atoms with Gasteiger partial charge >= 0.3 is 11.9 Å². The Kier molecular flexibility index (Phi) is 6.68. The summed E-state index contributed by atoms with van der Waals surface area (Å²) in [5, 5.41) is 8.93. The normalized spacial score (nSPS) is 10.7. The minimum atomic E-state index is -0.985. The average molecular weight is 295 g/mol.